The second kappa shape index (κ2) is 9.26. The van der Waals surface area contributed by atoms with E-state index in [1.54, 1.807) is 0 Å². The molecule has 0 atom stereocenters. The number of aromatic nitrogens is 1. The number of nitrogens with zero attached hydrogens (tertiary/aromatic N) is 1. The molecule has 2 rings (SSSR count). The van der Waals surface area contributed by atoms with E-state index in [9.17, 15) is 9.59 Å². The van der Waals surface area contributed by atoms with Gasteiger partial charge in [-0.15, -0.1) is 0 Å². The first-order valence-electron chi connectivity index (χ1n) is 7.23. The molecule has 7 heteroatoms. The summed E-state index contributed by atoms with van der Waals surface area (Å²) in [7, 11) is 0. The number of nitrogen functional groups attached to an aromatic ring is 1. The fourth-order valence-corrected chi connectivity index (χ4v) is 1.95. The molecule has 2 aromatic rings. The average Bonchev–Trinajstić information content (AvgIpc) is 2.46. The Morgan fingerprint density at radius 1 is 0.958 bits per heavy atom. The summed E-state index contributed by atoms with van der Waals surface area (Å²) >= 11 is 0. The molecule has 0 aliphatic rings. The largest absolute Gasteiger partial charge is 0.480 e. The number of rotatable bonds is 5. The van der Waals surface area contributed by atoms with E-state index < -0.39 is 11.9 Å². The first-order valence-corrected chi connectivity index (χ1v) is 7.23. The van der Waals surface area contributed by atoms with Crippen LogP contribution in [0.4, 0.5) is 5.69 Å². The average molecular weight is 331 g/mol. The number of hydrogen-bond acceptors (Lipinski definition) is 5. The maximum atomic E-state index is 9.73. The first-order chi connectivity index (χ1) is 11.3. The van der Waals surface area contributed by atoms with Gasteiger partial charge in [-0.3, -0.25) is 19.9 Å². The summed E-state index contributed by atoms with van der Waals surface area (Å²) in [5.74, 6) is -2.12. The smallest absolute Gasteiger partial charge is 0.317 e. The summed E-state index contributed by atoms with van der Waals surface area (Å²) in [6.45, 7) is 3.39. The lowest BCUT2D eigenvalue weighted by Gasteiger charge is -2.04. The molecule has 7 nitrogen and oxygen atoms in total. The maximum absolute atomic E-state index is 9.73. The van der Waals surface area contributed by atoms with Crippen molar-refractivity contribution in [3.8, 4) is 11.1 Å². The molecule has 0 unspecified atom stereocenters. The Morgan fingerprint density at radius 2 is 1.42 bits per heavy atom. The highest BCUT2D eigenvalue weighted by Crippen LogP contribution is 2.21. The Bertz CT molecular complexity index is 665. The van der Waals surface area contributed by atoms with Gasteiger partial charge in [0.2, 0.25) is 0 Å². The second-order valence-corrected chi connectivity index (χ2v) is 5.15. The lowest BCUT2D eigenvalue weighted by Crippen LogP contribution is -2.27. The fraction of sp³-hybridized carbons (Fsp3) is 0.235. The minimum Gasteiger partial charge on any atom is -0.480 e. The van der Waals surface area contributed by atoms with Crippen LogP contribution in [-0.4, -0.2) is 40.2 Å². The summed E-state index contributed by atoms with van der Waals surface area (Å²) in [4.78, 5) is 23.8. The predicted molar refractivity (Wildman–Crippen MR) is 91.7 cm³/mol. The molecule has 0 bridgehead atoms. The van der Waals surface area contributed by atoms with Gasteiger partial charge >= 0.3 is 11.9 Å². The molecule has 0 aliphatic heterocycles. The van der Waals surface area contributed by atoms with Crippen LogP contribution < -0.4 is 11.1 Å². The van der Waals surface area contributed by atoms with Gasteiger partial charge in [0, 0.05) is 17.1 Å². The summed E-state index contributed by atoms with van der Waals surface area (Å²) in [5, 5.41) is 18.1. The second-order valence-electron chi connectivity index (χ2n) is 5.15. The summed E-state index contributed by atoms with van der Waals surface area (Å²) in [5.41, 5.74) is 10.9. The van der Waals surface area contributed by atoms with E-state index in [-0.39, 0.29) is 13.1 Å². The number of carbonyl (C=O) groups is 2. The maximum Gasteiger partial charge on any atom is 0.317 e. The number of nitrogens with two attached hydrogens (primary N) is 1. The van der Waals surface area contributed by atoms with Gasteiger partial charge in [0.15, 0.2) is 0 Å². The van der Waals surface area contributed by atoms with Crippen molar-refractivity contribution in [1.29, 1.82) is 0 Å². The van der Waals surface area contributed by atoms with Crippen molar-refractivity contribution < 1.29 is 19.8 Å². The van der Waals surface area contributed by atoms with Gasteiger partial charge in [-0.05, 0) is 49.2 Å². The molecule has 1 aromatic carbocycles. The zero-order valence-corrected chi connectivity index (χ0v) is 13.6. The fourth-order valence-electron chi connectivity index (χ4n) is 1.95. The zero-order valence-electron chi connectivity index (χ0n) is 13.6. The lowest BCUT2D eigenvalue weighted by atomic mass is 10.0. The molecule has 5 N–H and O–H groups in total. The third-order valence-electron chi connectivity index (χ3n) is 2.88. The van der Waals surface area contributed by atoms with E-state index in [0.29, 0.717) is 0 Å². The molecule has 0 aliphatic carbocycles. The number of aryl methyl sites for hydroxylation is 2. The predicted octanol–water partition coefficient (Wildman–Crippen LogP) is 1.69. The minimum absolute atomic E-state index is 0.313. The molecule has 0 radical (unpaired) electrons. The molecule has 128 valence electrons. The van der Waals surface area contributed by atoms with Gasteiger partial charge in [0.1, 0.15) is 0 Å². The van der Waals surface area contributed by atoms with Crippen LogP contribution in [0.15, 0.2) is 36.4 Å². The number of hydrogen-bond donors (Lipinski definition) is 4. The Kier molecular flexibility index (Phi) is 7.38. The number of pyridine rings is 1. The van der Waals surface area contributed by atoms with Crippen LogP contribution in [0.25, 0.3) is 11.1 Å². The van der Waals surface area contributed by atoms with Gasteiger partial charge < -0.3 is 15.9 Å². The Hall–Kier alpha value is -2.93. The lowest BCUT2D eigenvalue weighted by molar-refractivity contribution is -0.137. The van der Waals surface area contributed by atoms with Crippen LogP contribution in [0.3, 0.4) is 0 Å². The van der Waals surface area contributed by atoms with Gasteiger partial charge in [-0.25, -0.2) is 0 Å². The molecule has 0 saturated carbocycles. The molecule has 0 spiro atoms. The molecule has 0 saturated heterocycles. The van der Waals surface area contributed by atoms with Crippen LogP contribution in [-0.2, 0) is 9.59 Å². The Morgan fingerprint density at radius 3 is 1.83 bits per heavy atom. The molecular formula is C17H21N3O4. The van der Waals surface area contributed by atoms with Crippen molar-refractivity contribution >= 4 is 17.6 Å². The van der Waals surface area contributed by atoms with E-state index in [4.69, 9.17) is 15.9 Å². The highest BCUT2D eigenvalue weighted by atomic mass is 16.4. The van der Waals surface area contributed by atoms with Gasteiger partial charge in [0.05, 0.1) is 13.1 Å². The molecule has 0 amide bonds. The SMILES string of the molecule is Cc1cc(-c2ccc(N)cc2)cc(C)n1.O=C(O)CNCC(=O)O. The molecule has 24 heavy (non-hydrogen) atoms. The van der Waals surface area contributed by atoms with Gasteiger partial charge in [0.25, 0.3) is 0 Å². The van der Waals surface area contributed by atoms with Crippen LogP contribution >= 0.6 is 0 Å². The Labute approximate surface area is 140 Å². The first kappa shape index (κ1) is 19.1. The number of carboxylic acids is 2. The molecule has 1 aromatic heterocycles. The van der Waals surface area contributed by atoms with Crippen LogP contribution in [0.5, 0.6) is 0 Å². The standard InChI is InChI=1S/C13H14N2.C4H7NO4/c1-9-7-12(8-10(2)15-9)11-3-5-13(14)6-4-11;6-3(7)1-5-2-4(8)9/h3-8H,14H2,1-2H3;5H,1-2H2,(H,6,7)(H,8,9). The van der Waals surface area contributed by atoms with Crippen molar-refractivity contribution in [3.05, 3.63) is 47.8 Å². The van der Waals surface area contributed by atoms with Crippen molar-refractivity contribution in [1.82, 2.24) is 10.3 Å². The summed E-state index contributed by atoms with van der Waals surface area (Å²) in [6.07, 6.45) is 0. The van der Waals surface area contributed by atoms with E-state index in [0.717, 1.165) is 17.1 Å². The van der Waals surface area contributed by atoms with Crippen LogP contribution in [0, 0.1) is 13.8 Å². The van der Waals surface area contributed by atoms with Crippen molar-refractivity contribution in [2.45, 2.75) is 13.8 Å². The normalized spacial score (nSPS) is 9.75. The van der Waals surface area contributed by atoms with Gasteiger partial charge in [-0.1, -0.05) is 12.1 Å². The summed E-state index contributed by atoms with van der Waals surface area (Å²) in [6, 6.07) is 12.1. The molecule has 1 heterocycles. The monoisotopic (exact) mass is 331 g/mol. The number of aliphatic carboxylic acids is 2. The number of anilines is 1. The number of carboxylic acid groups (broad SMARTS) is 2. The third kappa shape index (κ3) is 7.37. The van der Waals surface area contributed by atoms with E-state index in [1.807, 2.05) is 38.1 Å². The van der Waals surface area contributed by atoms with Crippen molar-refractivity contribution in [2.75, 3.05) is 18.8 Å². The number of nitrogens with one attached hydrogen (secondary N) is 1. The van der Waals surface area contributed by atoms with Gasteiger partial charge in [-0.2, -0.15) is 0 Å². The highest BCUT2D eigenvalue weighted by molar-refractivity contribution is 5.72. The Balaban J connectivity index is 0.000000277. The number of benzene rings is 1. The topological polar surface area (TPSA) is 126 Å². The van der Waals surface area contributed by atoms with Crippen LogP contribution in [0.2, 0.25) is 0 Å². The van der Waals surface area contributed by atoms with E-state index in [1.165, 1.54) is 11.1 Å². The molecular weight excluding hydrogens is 310 g/mol. The van der Waals surface area contributed by atoms with E-state index in [2.05, 4.69) is 22.4 Å². The van der Waals surface area contributed by atoms with E-state index >= 15 is 0 Å². The minimum atomic E-state index is -1.06. The quantitative estimate of drug-likeness (QED) is 0.614. The van der Waals surface area contributed by atoms with Crippen molar-refractivity contribution in [2.24, 2.45) is 0 Å². The molecule has 0 fully saturated rings. The van der Waals surface area contributed by atoms with Crippen molar-refractivity contribution in [3.63, 3.8) is 0 Å². The zero-order chi connectivity index (χ0) is 18.1. The third-order valence-corrected chi connectivity index (χ3v) is 2.88. The van der Waals surface area contributed by atoms with Crippen LogP contribution in [0.1, 0.15) is 11.4 Å². The highest BCUT2D eigenvalue weighted by Gasteiger charge is 2.00. The summed E-state index contributed by atoms with van der Waals surface area (Å²) < 4.78 is 0.